The van der Waals surface area contributed by atoms with Crippen LogP contribution in [0, 0.1) is 0 Å². The number of benzene rings is 2. The molecule has 106 valence electrons. The van der Waals surface area contributed by atoms with Crippen molar-refractivity contribution >= 4 is 15.9 Å². The largest absolute Gasteiger partial charge is 0.508 e. The van der Waals surface area contributed by atoms with Gasteiger partial charge < -0.3 is 14.9 Å². The lowest BCUT2D eigenvalue weighted by molar-refractivity contribution is 0.450. The van der Waals surface area contributed by atoms with Crippen LogP contribution in [0.25, 0.3) is 11.3 Å². The second kappa shape index (κ2) is 5.49. The fourth-order valence-electron chi connectivity index (χ4n) is 1.90. The van der Waals surface area contributed by atoms with Crippen molar-refractivity contribution in [2.75, 3.05) is 0 Å². The summed E-state index contributed by atoms with van der Waals surface area (Å²) in [6.07, 6.45) is 1.60. The lowest BCUT2D eigenvalue weighted by Gasteiger charge is -2.07. The maximum Gasteiger partial charge on any atom is 0.173 e. The highest BCUT2D eigenvalue weighted by atomic mass is 79.9. The summed E-state index contributed by atoms with van der Waals surface area (Å²) >= 11 is 3.36. The summed E-state index contributed by atoms with van der Waals surface area (Å²) in [5.74, 6) is 1.06. The number of hydrogen-bond donors (Lipinski definition) is 3. The Morgan fingerprint density at radius 2 is 1.81 bits per heavy atom. The first-order valence-corrected chi connectivity index (χ1v) is 6.92. The summed E-state index contributed by atoms with van der Waals surface area (Å²) in [6, 6.07) is 11.7. The van der Waals surface area contributed by atoms with E-state index in [2.05, 4.69) is 26.1 Å². The summed E-state index contributed by atoms with van der Waals surface area (Å²) in [4.78, 5) is 0. The van der Waals surface area contributed by atoms with E-state index in [1.165, 1.54) is 12.1 Å². The van der Waals surface area contributed by atoms with Crippen molar-refractivity contribution in [1.29, 1.82) is 0 Å². The van der Waals surface area contributed by atoms with Crippen molar-refractivity contribution in [3.05, 3.63) is 53.1 Å². The maximum absolute atomic E-state index is 9.91. The van der Waals surface area contributed by atoms with Crippen LogP contribution in [-0.2, 0) is 0 Å². The van der Waals surface area contributed by atoms with E-state index in [1.54, 1.807) is 12.3 Å². The van der Waals surface area contributed by atoms with Gasteiger partial charge in [-0.25, -0.2) is 0 Å². The van der Waals surface area contributed by atoms with Gasteiger partial charge in [0.05, 0.1) is 6.20 Å². The monoisotopic (exact) mass is 346 g/mol. The second-order valence-corrected chi connectivity index (χ2v) is 5.27. The Bertz CT molecular complexity index is 769. The Labute approximate surface area is 129 Å². The van der Waals surface area contributed by atoms with Gasteiger partial charge in [0.2, 0.25) is 0 Å². The molecule has 21 heavy (non-hydrogen) atoms. The molecule has 0 bridgehead atoms. The molecule has 0 aliphatic carbocycles. The zero-order valence-corrected chi connectivity index (χ0v) is 12.3. The van der Waals surface area contributed by atoms with Gasteiger partial charge in [-0.05, 0) is 36.4 Å². The van der Waals surface area contributed by atoms with E-state index in [9.17, 15) is 10.2 Å². The third kappa shape index (κ3) is 2.85. The summed E-state index contributed by atoms with van der Waals surface area (Å²) in [6.45, 7) is 0. The van der Waals surface area contributed by atoms with Gasteiger partial charge in [0.15, 0.2) is 5.75 Å². The number of nitrogens with zero attached hydrogens (tertiary/aromatic N) is 1. The molecule has 3 aromatic rings. The van der Waals surface area contributed by atoms with Gasteiger partial charge in [-0.2, -0.15) is 5.10 Å². The minimum absolute atomic E-state index is 0.0119. The van der Waals surface area contributed by atoms with Gasteiger partial charge in [-0.3, -0.25) is 5.10 Å². The molecule has 2 aromatic carbocycles. The smallest absolute Gasteiger partial charge is 0.173 e. The molecule has 0 aliphatic rings. The van der Waals surface area contributed by atoms with E-state index in [-0.39, 0.29) is 11.5 Å². The summed E-state index contributed by atoms with van der Waals surface area (Å²) in [5, 5.41) is 26.1. The number of phenols is 2. The van der Waals surface area contributed by atoms with E-state index in [4.69, 9.17) is 4.74 Å². The van der Waals surface area contributed by atoms with Crippen molar-refractivity contribution in [1.82, 2.24) is 10.2 Å². The number of aromatic nitrogens is 2. The Morgan fingerprint density at radius 1 is 1.05 bits per heavy atom. The highest BCUT2D eigenvalue weighted by molar-refractivity contribution is 9.10. The summed E-state index contributed by atoms with van der Waals surface area (Å²) in [5.41, 5.74) is 0.941. The first kappa shape index (κ1) is 13.5. The quantitative estimate of drug-likeness (QED) is 0.668. The molecule has 0 amide bonds. The van der Waals surface area contributed by atoms with Gasteiger partial charge in [0, 0.05) is 16.1 Å². The molecular formula is C15H11BrN2O3. The highest BCUT2D eigenvalue weighted by Crippen LogP contribution is 2.37. The normalized spacial score (nSPS) is 10.5. The Morgan fingerprint density at radius 3 is 2.52 bits per heavy atom. The van der Waals surface area contributed by atoms with E-state index in [0.717, 1.165) is 4.47 Å². The number of halogens is 1. The van der Waals surface area contributed by atoms with Gasteiger partial charge in [0.1, 0.15) is 22.9 Å². The zero-order valence-electron chi connectivity index (χ0n) is 10.7. The van der Waals surface area contributed by atoms with Crippen molar-refractivity contribution in [2.24, 2.45) is 0 Å². The molecule has 3 N–H and O–H groups in total. The van der Waals surface area contributed by atoms with E-state index < -0.39 is 0 Å². The van der Waals surface area contributed by atoms with Crippen molar-refractivity contribution in [3.63, 3.8) is 0 Å². The molecule has 0 radical (unpaired) electrons. The Balaban J connectivity index is 1.95. The molecule has 0 aliphatic heterocycles. The first-order valence-electron chi connectivity index (χ1n) is 6.13. The van der Waals surface area contributed by atoms with Crippen LogP contribution < -0.4 is 4.74 Å². The van der Waals surface area contributed by atoms with Crippen molar-refractivity contribution in [2.45, 2.75) is 0 Å². The average Bonchev–Trinajstić information content (AvgIpc) is 2.89. The fourth-order valence-corrected chi connectivity index (χ4v) is 2.16. The van der Waals surface area contributed by atoms with Crippen molar-refractivity contribution < 1.29 is 14.9 Å². The zero-order chi connectivity index (χ0) is 14.8. The predicted molar refractivity (Wildman–Crippen MR) is 81.6 cm³/mol. The van der Waals surface area contributed by atoms with Crippen LogP contribution in [0.2, 0.25) is 0 Å². The molecule has 0 saturated carbocycles. The lowest BCUT2D eigenvalue weighted by Crippen LogP contribution is -1.86. The summed E-state index contributed by atoms with van der Waals surface area (Å²) < 4.78 is 6.71. The van der Waals surface area contributed by atoms with Crippen LogP contribution in [-0.4, -0.2) is 20.4 Å². The van der Waals surface area contributed by atoms with Gasteiger partial charge >= 0.3 is 0 Å². The second-order valence-electron chi connectivity index (χ2n) is 4.36. The molecule has 0 unspecified atom stereocenters. The predicted octanol–water partition coefficient (Wildman–Crippen LogP) is 4.04. The minimum Gasteiger partial charge on any atom is -0.508 e. The number of nitrogens with one attached hydrogen (secondary N) is 1. The van der Waals surface area contributed by atoms with E-state index in [0.29, 0.717) is 22.8 Å². The van der Waals surface area contributed by atoms with Gasteiger partial charge in [-0.1, -0.05) is 15.9 Å². The standard InChI is InChI=1S/C15H11BrN2O3/c16-9-1-4-11(5-2-9)21-14-8-17-18-15(14)12-6-3-10(19)7-13(12)20/h1-8,19-20H,(H,17,18). The fraction of sp³-hybridized carbons (Fsp3) is 0. The van der Waals surface area contributed by atoms with Gasteiger partial charge in [-0.15, -0.1) is 0 Å². The van der Waals surface area contributed by atoms with Gasteiger partial charge in [0.25, 0.3) is 0 Å². The van der Waals surface area contributed by atoms with Crippen LogP contribution >= 0.6 is 15.9 Å². The molecule has 0 spiro atoms. The van der Waals surface area contributed by atoms with Crippen LogP contribution in [0.3, 0.4) is 0 Å². The van der Waals surface area contributed by atoms with E-state index in [1.807, 2.05) is 24.3 Å². The molecule has 3 rings (SSSR count). The minimum atomic E-state index is -0.0669. The number of aromatic amines is 1. The number of hydrogen-bond acceptors (Lipinski definition) is 4. The molecular weight excluding hydrogens is 336 g/mol. The SMILES string of the molecule is Oc1ccc(-c2n[nH]cc2Oc2ccc(Br)cc2)c(O)c1. The lowest BCUT2D eigenvalue weighted by atomic mass is 10.1. The Hall–Kier alpha value is -2.47. The number of rotatable bonds is 3. The van der Waals surface area contributed by atoms with Crippen LogP contribution in [0.4, 0.5) is 0 Å². The number of aromatic hydroxyl groups is 2. The molecule has 1 aromatic heterocycles. The molecule has 0 saturated heterocycles. The highest BCUT2D eigenvalue weighted by Gasteiger charge is 2.14. The van der Waals surface area contributed by atoms with Crippen LogP contribution in [0.5, 0.6) is 23.0 Å². The third-order valence-corrected chi connectivity index (χ3v) is 3.41. The van der Waals surface area contributed by atoms with Crippen LogP contribution in [0.15, 0.2) is 53.1 Å². The Kier molecular flexibility index (Phi) is 3.53. The van der Waals surface area contributed by atoms with Crippen LogP contribution in [0.1, 0.15) is 0 Å². The molecule has 0 atom stereocenters. The van der Waals surface area contributed by atoms with Crippen molar-refractivity contribution in [3.8, 4) is 34.3 Å². The number of phenolic OH excluding ortho intramolecular Hbond substituents is 2. The average molecular weight is 347 g/mol. The molecule has 0 fully saturated rings. The number of ether oxygens (including phenoxy) is 1. The van der Waals surface area contributed by atoms with E-state index >= 15 is 0 Å². The third-order valence-electron chi connectivity index (χ3n) is 2.88. The molecule has 1 heterocycles. The number of H-pyrrole nitrogens is 1. The summed E-state index contributed by atoms with van der Waals surface area (Å²) in [7, 11) is 0. The first-order chi connectivity index (χ1) is 10.1. The maximum atomic E-state index is 9.91. The molecule has 6 heteroatoms. The topological polar surface area (TPSA) is 78.4 Å². The molecule has 5 nitrogen and oxygen atoms in total.